The number of guanidine groups is 1. The van der Waals surface area contributed by atoms with Gasteiger partial charge in [0.1, 0.15) is 11.6 Å². The Morgan fingerprint density at radius 3 is 2.56 bits per heavy atom. The van der Waals surface area contributed by atoms with Crippen molar-refractivity contribution < 1.29 is 9.13 Å². The van der Waals surface area contributed by atoms with Crippen LogP contribution >= 0.6 is 0 Å². The Morgan fingerprint density at radius 1 is 1.20 bits per heavy atom. The number of aliphatic imine (C=N–C) groups is 1. The van der Waals surface area contributed by atoms with E-state index < -0.39 is 0 Å². The van der Waals surface area contributed by atoms with Gasteiger partial charge in [0, 0.05) is 24.8 Å². The number of hydrogen-bond acceptors (Lipinski definition) is 3. The number of benzene rings is 1. The van der Waals surface area contributed by atoms with Crippen molar-refractivity contribution in [2.24, 2.45) is 4.99 Å². The first-order valence-corrected chi connectivity index (χ1v) is 8.54. The molecule has 5 nitrogen and oxygen atoms in total. The van der Waals surface area contributed by atoms with Gasteiger partial charge in [0.05, 0.1) is 6.54 Å². The summed E-state index contributed by atoms with van der Waals surface area (Å²) in [5, 5.41) is 6.58. The van der Waals surface area contributed by atoms with E-state index >= 15 is 0 Å². The molecule has 0 aliphatic rings. The molecule has 2 rings (SSSR count). The molecule has 1 aromatic heterocycles. The van der Waals surface area contributed by atoms with Crippen LogP contribution in [0.4, 0.5) is 4.39 Å². The van der Waals surface area contributed by atoms with Crippen LogP contribution in [0.2, 0.25) is 0 Å². The zero-order valence-corrected chi connectivity index (χ0v) is 14.9. The van der Waals surface area contributed by atoms with Crippen LogP contribution in [0.15, 0.2) is 47.6 Å². The van der Waals surface area contributed by atoms with E-state index in [1.165, 1.54) is 12.1 Å². The Bertz CT molecular complexity index is 671. The lowest BCUT2D eigenvalue weighted by molar-refractivity contribution is 0.461. The minimum absolute atomic E-state index is 0.295. The minimum atomic E-state index is -0.295. The molecule has 0 aliphatic heterocycles. The summed E-state index contributed by atoms with van der Waals surface area (Å²) >= 11 is 0. The van der Waals surface area contributed by atoms with Crippen molar-refractivity contribution >= 4 is 5.96 Å². The first-order valence-electron chi connectivity index (χ1n) is 8.54. The highest BCUT2D eigenvalue weighted by molar-refractivity contribution is 5.80. The van der Waals surface area contributed by atoms with Crippen molar-refractivity contribution in [1.29, 1.82) is 0 Å². The highest BCUT2D eigenvalue weighted by Crippen LogP contribution is 2.19. The molecule has 0 fully saturated rings. The van der Waals surface area contributed by atoms with Gasteiger partial charge in [-0.2, -0.15) is 0 Å². The van der Waals surface area contributed by atoms with Crippen LogP contribution in [0, 0.1) is 5.82 Å². The number of halogens is 1. The van der Waals surface area contributed by atoms with Gasteiger partial charge in [-0.1, -0.05) is 13.0 Å². The molecular weight excluding hydrogens is 319 g/mol. The number of ether oxygens (including phenoxy) is 1. The van der Waals surface area contributed by atoms with E-state index in [2.05, 4.69) is 34.5 Å². The highest BCUT2D eigenvalue weighted by atomic mass is 19.1. The van der Waals surface area contributed by atoms with E-state index in [-0.39, 0.29) is 5.82 Å². The average Bonchev–Trinajstić information content (AvgIpc) is 2.63. The van der Waals surface area contributed by atoms with Gasteiger partial charge in [-0.15, -0.1) is 0 Å². The van der Waals surface area contributed by atoms with Gasteiger partial charge >= 0.3 is 0 Å². The highest BCUT2D eigenvalue weighted by Gasteiger charge is 2.03. The quantitative estimate of drug-likeness (QED) is 0.591. The topological polar surface area (TPSA) is 58.5 Å². The summed E-state index contributed by atoms with van der Waals surface area (Å²) in [6.07, 6.45) is 2.76. The first kappa shape index (κ1) is 18.7. The minimum Gasteiger partial charge on any atom is -0.439 e. The summed E-state index contributed by atoms with van der Waals surface area (Å²) in [7, 11) is 0. The number of aromatic nitrogens is 1. The van der Waals surface area contributed by atoms with Crippen LogP contribution in [0.5, 0.6) is 11.6 Å². The normalized spacial score (nSPS) is 12.6. The number of rotatable bonds is 7. The molecule has 1 heterocycles. The van der Waals surface area contributed by atoms with Crippen molar-refractivity contribution in [3.8, 4) is 11.6 Å². The summed E-state index contributed by atoms with van der Waals surface area (Å²) in [4.78, 5) is 8.84. The van der Waals surface area contributed by atoms with E-state index in [0.29, 0.717) is 24.2 Å². The molecule has 1 aromatic carbocycles. The molecule has 0 amide bonds. The van der Waals surface area contributed by atoms with Crippen molar-refractivity contribution in [1.82, 2.24) is 15.6 Å². The van der Waals surface area contributed by atoms with E-state index in [0.717, 1.165) is 24.5 Å². The molecule has 6 heteroatoms. The van der Waals surface area contributed by atoms with Gasteiger partial charge in [0.25, 0.3) is 0 Å². The lowest BCUT2D eigenvalue weighted by Crippen LogP contribution is -2.41. The zero-order chi connectivity index (χ0) is 18.1. The van der Waals surface area contributed by atoms with Crippen molar-refractivity contribution in [2.45, 2.75) is 39.8 Å². The number of nitrogens with zero attached hydrogens (tertiary/aromatic N) is 2. The summed E-state index contributed by atoms with van der Waals surface area (Å²) in [5.41, 5.74) is 0.979. The fourth-order valence-electron chi connectivity index (χ4n) is 2.01. The third kappa shape index (κ3) is 6.41. The van der Waals surface area contributed by atoms with Crippen LogP contribution in [-0.2, 0) is 6.54 Å². The second kappa shape index (κ2) is 9.61. The fourth-order valence-corrected chi connectivity index (χ4v) is 2.01. The predicted octanol–water partition coefficient (Wildman–Crippen LogP) is 3.87. The van der Waals surface area contributed by atoms with Gasteiger partial charge in [0.2, 0.25) is 5.88 Å². The van der Waals surface area contributed by atoms with Crippen LogP contribution < -0.4 is 15.4 Å². The fraction of sp³-hybridized carbons (Fsp3) is 0.368. The monoisotopic (exact) mass is 344 g/mol. The van der Waals surface area contributed by atoms with Crippen LogP contribution in [0.3, 0.4) is 0 Å². The Labute approximate surface area is 148 Å². The van der Waals surface area contributed by atoms with E-state index in [1.807, 2.05) is 13.0 Å². The SMILES string of the molecule is CCNC(=NCc1ccc(Oc2ccc(F)cc2)nc1)NC(C)CC. The summed E-state index contributed by atoms with van der Waals surface area (Å²) < 4.78 is 18.5. The van der Waals surface area contributed by atoms with Gasteiger partial charge in [-0.05, 0) is 50.1 Å². The first-order chi connectivity index (χ1) is 12.1. The summed E-state index contributed by atoms with van der Waals surface area (Å²) in [6, 6.07) is 9.90. The molecule has 0 aliphatic carbocycles. The molecule has 134 valence electrons. The lowest BCUT2D eigenvalue weighted by Gasteiger charge is -2.16. The Kier molecular flexibility index (Phi) is 7.19. The number of nitrogens with one attached hydrogen (secondary N) is 2. The maximum Gasteiger partial charge on any atom is 0.219 e. The van der Waals surface area contributed by atoms with Gasteiger partial charge in [0.15, 0.2) is 5.96 Å². The van der Waals surface area contributed by atoms with Gasteiger partial charge in [-0.3, -0.25) is 0 Å². The van der Waals surface area contributed by atoms with Crippen LogP contribution in [-0.4, -0.2) is 23.5 Å². The maximum atomic E-state index is 12.9. The van der Waals surface area contributed by atoms with Crippen molar-refractivity contribution in [2.75, 3.05) is 6.54 Å². The number of hydrogen-bond donors (Lipinski definition) is 2. The van der Waals surface area contributed by atoms with Gasteiger partial charge in [-0.25, -0.2) is 14.4 Å². The molecule has 2 N–H and O–H groups in total. The van der Waals surface area contributed by atoms with Crippen molar-refractivity contribution in [3.05, 3.63) is 54.0 Å². The Hall–Kier alpha value is -2.63. The standard InChI is InChI=1S/C19H25FN4O/c1-4-14(3)24-19(21-5-2)23-13-15-6-11-18(22-12-15)25-17-9-7-16(20)8-10-17/h6-12,14H,4-5,13H2,1-3H3,(H2,21,23,24). The molecule has 2 aromatic rings. The molecule has 0 spiro atoms. The third-order valence-corrected chi connectivity index (χ3v) is 3.59. The third-order valence-electron chi connectivity index (χ3n) is 3.59. The molecule has 1 atom stereocenters. The summed E-state index contributed by atoms with van der Waals surface area (Å²) in [6.45, 7) is 7.62. The second-order valence-electron chi connectivity index (χ2n) is 5.71. The molecule has 0 bridgehead atoms. The van der Waals surface area contributed by atoms with E-state index in [9.17, 15) is 4.39 Å². The molecule has 25 heavy (non-hydrogen) atoms. The van der Waals surface area contributed by atoms with Crippen LogP contribution in [0.25, 0.3) is 0 Å². The average molecular weight is 344 g/mol. The Balaban J connectivity index is 1.96. The Morgan fingerprint density at radius 2 is 1.96 bits per heavy atom. The molecule has 0 saturated carbocycles. The molecule has 1 unspecified atom stereocenters. The largest absolute Gasteiger partial charge is 0.439 e. The molecule has 0 saturated heterocycles. The summed E-state index contributed by atoms with van der Waals surface area (Å²) in [5.74, 6) is 1.51. The lowest BCUT2D eigenvalue weighted by atomic mass is 10.2. The smallest absolute Gasteiger partial charge is 0.219 e. The zero-order valence-electron chi connectivity index (χ0n) is 14.9. The molecule has 0 radical (unpaired) electrons. The van der Waals surface area contributed by atoms with E-state index in [1.54, 1.807) is 24.4 Å². The maximum absolute atomic E-state index is 12.9. The van der Waals surface area contributed by atoms with Gasteiger partial charge < -0.3 is 15.4 Å². The molecular formula is C19H25FN4O. The number of pyridine rings is 1. The van der Waals surface area contributed by atoms with E-state index in [4.69, 9.17) is 4.74 Å². The second-order valence-corrected chi connectivity index (χ2v) is 5.71. The predicted molar refractivity (Wildman–Crippen MR) is 98.4 cm³/mol. The van der Waals surface area contributed by atoms with Crippen LogP contribution in [0.1, 0.15) is 32.8 Å². The van der Waals surface area contributed by atoms with Crippen molar-refractivity contribution in [3.63, 3.8) is 0 Å².